The highest BCUT2D eigenvalue weighted by Gasteiger charge is 2.14. The Balaban J connectivity index is 2.34. The maximum atomic E-state index is 11.7. The molecule has 0 saturated carbocycles. The highest BCUT2D eigenvalue weighted by atomic mass is 16.5. The number of rotatable bonds is 3. The number of aryl methyl sites for hydroxylation is 1. The fourth-order valence-corrected chi connectivity index (χ4v) is 1.64. The molecule has 0 aliphatic carbocycles. The van der Waals surface area contributed by atoms with Crippen molar-refractivity contribution in [3.8, 4) is 11.5 Å². The second kappa shape index (κ2) is 5.44. The van der Waals surface area contributed by atoms with Gasteiger partial charge in [0.1, 0.15) is 17.1 Å². The first-order valence-corrected chi connectivity index (χ1v) is 5.82. The lowest BCUT2D eigenvalue weighted by molar-refractivity contribution is 0.0598. The number of hydrogen-bond acceptors (Lipinski definition) is 4. The second-order valence-corrected chi connectivity index (χ2v) is 4.16. The number of carbonyl (C=O) groups excluding carboxylic acids is 1. The van der Waals surface area contributed by atoms with Gasteiger partial charge in [0.15, 0.2) is 0 Å². The fraction of sp³-hybridized carbons (Fsp3) is 0.133. The van der Waals surface area contributed by atoms with Crippen molar-refractivity contribution in [2.75, 3.05) is 12.8 Å². The van der Waals surface area contributed by atoms with Gasteiger partial charge in [0, 0.05) is 5.69 Å². The Morgan fingerprint density at radius 3 is 2.42 bits per heavy atom. The third-order valence-corrected chi connectivity index (χ3v) is 2.66. The van der Waals surface area contributed by atoms with Gasteiger partial charge in [-0.05, 0) is 37.3 Å². The van der Waals surface area contributed by atoms with Crippen LogP contribution < -0.4 is 10.5 Å². The van der Waals surface area contributed by atoms with Crippen molar-refractivity contribution >= 4 is 11.7 Å². The second-order valence-electron chi connectivity index (χ2n) is 4.16. The average Bonchev–Trinajstić information content (AvgIpc) is 2.42. The highest BCUT2D eigenvalue weighted by Crippen LogP contribution is 2.27. The van der Waals surface area contributed by atoms with Crippen molar-refractivity contribution in [3.63, 3.8) is 0 Å². The Labute approximate surface area is 111 Å². The number of anilines is 1. The summed E-state index contributed by atoms with van der Waals surface area (Å²) in [6, 6.07) is 12.4. The van der Waals surface area contributed by atoms with Crippen molar-refractivity contribution in [3.05, 3.63) is 53.6 Å². The van der Waals surface area contributed by atoms with Crippen LogP contribution in [0.1, 0.15) is 15.9 Å². The molecule has 2 aromatic rings. The van der Waals surface area contributed by atoms with Crippen molar-refractivity contribution in [1.29, 1.82) is 0 Å². The molecule has 0 aliphatic heterocycles. The molecule has 0 spiro atoms. The topological polar surface area (TPSA) is 61.5 Å². The number of esters is 1. The molecule has 0 aliphatic rings. The molecule has 0 atom stereocenters. The number of nitrogen functional groups attached to an aromatic ring is 1. The van der Waals surface area contributed by atoms with Gasteiger partial charge in [-0.2, -0.15) is 0 Å². The number of hydrogen-bond donors (Lipinski definition) is 1. The molecular formula is C15H15NO3. The molecule has 98 valence electrons. The molecule has 19 heavy (non-hydrogen) atoms. The standard InChI is InChI=1S/C15H15NO3/c1-10-3-6-12(7-4-10)19-14-8-5-11(16)9-13(14)15(17)18-2/h3-9H,16H2,1-2H3. The van der Waals surface area contributed by atoms with Gasteiger partial charge >= 0.3 is 5.97 Å². The molecule has 4 nitrogen and oxygen atoms in total. The van der Waals surface area contributed by atoms with E-state index < -0.39 is 5.97 Å². The van der Waals surface area contributed by atoms with Gasteiger partial charge in [-0.15, -0.1) is 0 Å². The third kappa shape index (κ3) is 3.04. The Kier molecular flexibility index (Phi) is 3.71. The van der Waals surface area contributed by atoms with E-state index >= 15 is 0 Å². The molecule has 0 unspecified atom stereocenters. The van der Waals surface area contributed by atoms with Crippen LogP contribution in [0.5, 0.6) is 11.5 Å². The van der Waals surface area contributed by atoms with Crippen LogP contribution in [0.25, 0.3) is 0 Å². The molecule has 0 bridgehead atoms. The number of ether oxygens (including phenoxy) is 2. The summed E-state index contributed by atoms with van der Waals surface area (Å²) < 4.78 is 10.4. The van der Waals surface area contributed by atoms with Gasteiger partial charge in [0.25, 0.3) is 0 Å². The molecule has 0 radical (unpaired) electrons. The minimum absolute atomic E-state index is 0.308. The van der Waals surface area contributed by atoms with E-state index in [9.17, 15) is 4.79 Å². The molecule has 4 heteroatoms. The van der Waals surface area contributed by atoms with E-state index in [0.29, 0.717) is 22.7 Å². The zero-order valence-corrected chi connectivity index (χ0v) is 10.8. The number of carbonyl (C=O) groups is 1. The van der Waals surface area contributed by atoms with Crippen LogP contribution in [0, 0.1) is 6.92 Å². The number of methoxy groups -OCH3 is 1. The Bertz CT molecular complexity index is 591. The minimum atomic E-state index is -0.477. The molecular weight excluding hydrogens is 242 g/mol. The summed E-state index contributed by atoms with van der Waals surface area (Å²) in [4.78, 5) is 11.7. The van der Waals surface area contributed by atoms with Crippen LogP contribution >= 0.6 is 0 Å². The molecule has 0 amide bonds. The SMILES string of the molecule is COC(=O)c1cc(N)ccc1Oc1ccc(C)cc1. The minimum Gasteiger partial charge on any atom is -0.465 e. The van der Waals surface area contributed by atoms with Crippen LogP contribution in [0.3, 0.4) is 0 Å². The van der Waals surface area contributed by atoms with Crippen molar-refractivity contribution in [2.24, 2.45) is 0 Å². The lowest BCUT2D eigenvalue weighted by atomic mass is 10.1. The van der Waals surface area contributed by atoms with E-state index in [1.54, 1.807) is 12.1 Å². The van der Waals surface area contributed by atoms with E-state index in [-0.39, 0.29) is 0 Å². The predicted octanol–water partition coefficient (Wildman–Crippen LogP) is 3.16. The van der Waals surface area contributed by atoms with Crippen LogP contribution in [-0.2, 0) is 4.74 Å². The van der Waals surface area contributed by atoms with Gasteiger partial charge in [0.05, 0.1) is 7.11 Å². The first-order chi connectivity index (χ1) is 9.10. The predicted molar refractivity (Wildman–Crippen MR) is 73.4 cm³/mol. The van der Waals surface area contributed by atoms with Gasteiger partial charge in [0.2, 0.25) is 0 Å². The summed E-state index contributed by atoms with van der Waals surface area (Å²) in [5.41, 5.74) is 7.60. The van der Waals surface area contributed by atoms with Crippen LogP contribution in [-0.4, -0.2) is 13.1 Å². The summed E-state index contributed by atoms with van der Waals surface area (Å²) in [6.07, 6.45) is 0. The van der Waals surface area contributed by atoms with Crippen LogP contribution in [0.15, 0.2) is 42.5 Å². The molecule has 0 aromatic heterocycles. The van der Waals surface area contributed by atoms with Crippen molar-refractivity contribution in [2.45, 2.75) is 6.92 Å². The van der Waals surface area contributed by atoms with E-state index in [1.807, 2.05) is 31.2 Å². The lowest BCUT2D eigenvalue weighted by Crippen LogP contribution is -2.04. The summed E-state index contributed by atoms with van der Waals surface area (Å²) in [7, 11) is 1.32. The average molecular weight is 257 g/mol. The van der Waals surface area contributed by atoms with Gasteiger partial charge < -0.3 is 15.2 Å². The zero-order chi connectivity index (χ0) is 13.8. The van der Waals surface area contributed by atoms with Crippen LogP contribution in [0.4, 0.5) is 5.69 Å². The maximum absolute atomic E-state index is 11.7. The smallest absolute Gasteiger partial charge is 0.341 e. The van der Waals surface area contributed by atoms with Gasteiger partial charge in [-0.3, -0.25) is 0 Å². The quantitative estimate of drug-likeness (QED) is 0.677. The highest BCUT2D eigenvalue weighted by molar-refractivity contribution is 5.93. The first kappa shape index (κ1) is 13.0. The zero-order valence-electron chi connectivity index (χ0n) is 10.8. The summed E-state index contributed by atoms with van der Waals surface area (Å²) >= 11 is 0. The van der Waals surface area contributed by atoms with E-state index in [0.717, 1.165) is 5.56 Å². The van der Waals surface area contributed by atoms with E-state index in [2.05, 4.69) is 0 Å². The number of nitrogens with two attached hydrogens (primary N) is 1. The molecule has 0 saturated heterocycles. The summed E-state index contributed by atoms with van der Waals surface area (Å²) in [6.45, 7) is 1.99. The van der Waals surface area contributed by atoms with Crippen molar-refractivity contribution in [1.82, 2.24) is 0 Å². The van der Waals surface area contributed by atoms with E-state index in [1.165, 1.54) is 13.2 Å². The van der Waals surface area contributed by atoms with Crippen LogP contribution in [0.2, 0.25) is 0 Å². The fourth-order valence-electron chi connectivity index (χ4n) is 1.64. The maximum Gasteiger partial charge on any atom is 0.341 e. The van der Waals surface area contributed by atoms with Crippen molar-refractivity contribution < 1.29 is 14.3 Å². The molecule has 2 N–H and O–H groups in total. The number of benzene rings is 2. The normalized spacial score (nSPS) is 10.0. The third-order valence-electron chi connectivity index (χ3n) is 2.66. The monoisotopic (exact) mass is 257 g/mol. The Hall–Kier alpha value is -2.49. The largest absolute Gasteiger partial charge is 0.465 e. The lowest BCUT2D eigenvalue weighted by Gasteiger charge is -2.10. The Morgan fingerprint density at radius 1 is 1.11 bits per heavy atom. The first-order valence-electron chi connectivity index (χ1n) is 5.82. The summed E-state index contributed by atoms with van der Waals surface area (Å²) in [5.74, 6) is 0.597. The van der Waals surface area contributed by atoms with E-state index in [4.69, 9.17) is 15.2 Å². The summed E-state index contributed by atoms with van der Waals surface area (Å²) in [5, 5.41) is 0. The molecule has 2 rings (SSSR count). The van der Waals surface area contributed by atoms with Gasteiger partial charge in [-0.25, -0.2) is 4.79 Å². The molecule has 0 heterocycles. The molecule has 0 fully saturated rings. The van der Waals surface area contributed by atoms with Gasteiger partial charge in [-0.1, -0.05) is 17.7 Å². The molecule has 2 aromatic carbocycles. The Morgan fingerprint density at radius 2 is 1.79 bits per heavy atom.